The molecule has 1 unspecified atom stereocenters. The Balaban J connectivity index is 4.73. The molecule has 0 saturated carbocycles. The third kappa shape index (κ3) is 9.81. The van der Waals surface area contributed by atoms with E-state index >= 15 is 0 Å². The Labute approximate surface area is 142 Å². The van der Waals surface area contributed by atoms with Gasteiger partial charge in [0.1, 0.15) is 0 Å². The van der Waals surface area contributed by atoms with Crippen LogP contribution in [0.2, 0.25) is 0 Å². The Hall–Kier alpha value is 0.450. The van der Waals surface area contributed by atoms with Gasteiger partial charge >= 0.3 is 22.8 Å². The average Bonchev–Trinajstić information content (AvgIpc) is 2.36. The van der Waals surface area contributed by atoms with Crippen molar-refractivity contribution in [3.8, 4) is 0 Å². The molecular weight excluding hydrogens is 381 g/mol. The van der Waals surface area contributed by atoms with Crippen molar-refractivity contribution in [3.63, 3.8) is 0 Å². The van der Waals surface area contributed by atoms with Crippen LogP contribution >= 0.6 is 22.8 Å². The predicted octanol–water partition coefficient (Wildman–Crippen LogP) is 2.75. The van der Waals surface area contributed by atoms with E-state index in [1.165, 1.54) is 0 Å². The maximum Gasteiger partial charge on any atom is 0.341 e. The molecular formula is C12H29O9P3. The van der Waals surface area contributed by atoms with Crippen LogP contribution in [-0.4, -0.2) is 40.4 Å². The largest absolute Gasteiger partial charge is 0.341 e. The van der Waals surface area contributed by atoms with E-state index in [0.29, 0.717) is 6.42 Å². The highest BCUT2D eigenvalue weighted by Gasteiger charge is 2.54. The molecule has 1 atom stereocenters. The Morgan fingerprint density at radius 1 is 0.625 bits per heavy atom. The van der Waals surface area contributed by atoms with Crippen LogP contribution < -0.4 is 0 Å². The summed E-state index contributed by atoms with van der Waals surface area (Å²) in [5.41, 5.74) is -2.06. The monoisotopic (exact) mass is 410 g/mol. The number of unbranched alkanes of at least 4 members (excludes halogenated alkanes) is 7. The van der Waals surface area contributed by atoms with E-state index in [2.05, 4.69) is 6.92 Å². The van der Waals surface area contributed by atoms with Crippen molar-refractivity contribution in [2.75, 3.05) is 0 Å². The molecule has 0 aliphatic heterocycles. The van der Waals surface area contributed by atoms with Gasteiger partial charge in [0.05, 0.1) is 5.66 Å². The maximum atomic E-state index is 11.5. The third-order valence-electron chi connectivity index (χ3n) is 3.82. The topological polar surface area (TPSA) is 173 Å². The molecule has 146 valence electrons. The van der Waals surface area contributed by atoms with Gasteiger partial charge in [0, 0.05) is 0 Å². The van der Waals surface area contributed by atoms with Crippen molar-refractivity contribution in [1.82, 2.24) is 0 Å². The standard InChI is InChI=1S/C12H29O9P3/c1-2-3-4-5-6-7-8-9-10-11(22(13,14)15)12(23(16,17)18)24(19,20)21/h11-12H,2-10H2,1H3,(H2,13,14,15)(H2,16,17,18)(H2,19,20,21). The van der Waals surface area contributed by atoms with E-state index < -0.39 is 33.8 Å². The lowest BCUT2D eigenvalue weighted by Crippen LogP contribution is -2.27. The van der Waals surface area contributed by atoms with Crippen LogP contribution in [0.5, 0.6) is 0 Å². The molecule has 0 aromatic rings. The zero-order valence-corrected chi connectivity index (χ0v) is 16.5. The van der Waals surface area contributed by atoms with E-state index in [1.54, 1.807) is 0 Å². The van der Waals surface area contributed by atoms with Crippen molar-refractivity contribution in [2.24, 2.45) is 0 Å². The van der Waals surface area contributed by atoms with Gasteiger partial charge in [-0.25, -0.2) is 0 Å². The minimum atomic E-state index is -5.38. The van der Waals surface area contributed by atoms with Gasteiger partial charge in [0.15, 0.2) is 5.40 Å². The quantitative estimate of drug-likeness (QED) is 0.197. The molecule has 12 heteroatoms. The minimum absolute atomic E-state index is 0.236. The highest BCUT2D eigenvalue weighted by molar-refractivity contribution is 7.72. The summed E-state index contributed by atoms with van der Waals surface area (Å²) in [7, 11) is -15.8. The van der Waals surface area contributed by atoms with Crippen molar-refractivity contribution in [3.05, 3.63) is 0 Å². The Kier molecular flexibility index (Phi) is 10.8. The van der Waals surface area contributed by atoms with Gasteiger partial charge < -0.3 is 29.4 Å². The second kappa shape index (κ2) is 10.6. The molecule has 0 bridgehead atoms. The van der Waals surface area contributed by atoms with Crippen molar-refractivity contribution < 1.29 is 43.1 Å². The van der Waals surface area contributed by atoms with Gasteiger partial charge in [-0.1, -0.05) is 58.3 Å². The Bertz CT molecular complexity index is 470. The van der Waals surface area contributed by atoms with E-state index in [-0.39, 0.29) is 12.8 Å². The van der Waals surface area contributed by atoms with E-state index in [4.69, 9.17) is 19.6 Å². The molecule has 0 aromatic heterocycles. The van der Waals surface area contributed by atoms with Gasteiger partial charge in [-0.3, -0.25) is 13.7 Å². The van der Waals surface area contributed by atoms with Crippen molar-refractivity contribution >= 4 is 22.8 Å². The summed E-state index contributed by atoms with van der Waals surface area (Å²) in [5.74, 6) is 0. The lowest BCUT2D eigenvalue weighted by molar-refractivity contribution is 0.312. The number of hydrogen-bond donors (Lipinski definition) is 6. The summed E-state index contributed by atoms with van der Waals surface area (Å²) in [6.45, 7) is 2.10. The molecule has 6 N–H and O–H groups in total. The highest BCUT2D eigenvalue weighted by Crippen LogP contribution is 2.67. The molecule has 0 aliphatic rings. The molecule has 24 heavy (non-hydrogen) atoms. The molecule has 0 heterocycles. The fourth-order valence-electron chi connectivity index (χ4n) is 2.62. The summed E-state index contributed by atoms with van der Waals surface area (Å²) >= 11 is 0. The van der Waals surface area contributed by atoms with Gasteiger partial charge in [0.25, 0.3) is 0 Å². The molecule has 9 nitrogen and oxygen atoms in total. The molecule has 0 radical (unpaired) electrons. The van der Waals surface area contributed by atoms with Crippen molar-refractivity contribution in [1.29, 1.82) is 0 Å². The first-order valence-electron chi connectivity index (χ1n) is 7.97. The van der Waals surface area contributed by atoms with E-state index in [0.717, 1.165) is 38.5 Å². The molecule has 0 aromatic carbocycles. The number of rotatable bonds is 13. The van der Waals surface area contributed by atoms with Gasteiger partial charge in [-0.05, 0) is 6.42 Å². The first-order chi connectivity index (χ1) is 10.8. The summed E-state index contributed by atoms with van der Waals surface area (Å²) in [5, 5.41) is -2.67. The fourth-order valence-corrected chi connectivity index (χ4v) is 8.34. The lowest BCUT2D eigenvalue weighted by Gasteiger charge is -2.28. The van der Waals surface area contributed by atoms with Gasteiger partial charge in [-0.15, -0.1) is 0 Å². The smallest absolute Gasteiger partial charge is 0.324 e. The van der Waals surface area contributed by atoms with Crippen LogP contribution in [0, 0.1) is 0 Å². The van der Waals surface area contributed by atoms with Crippen LogP contribution in [0.15, 0.2) is 0 Å². The van der Waals surface area contributed by atoms with Gasteiger partial charge in [0.2, 0.25) is 0 Å². The Morgan fingerprint density at radius 3 is 1.33 bits per heavy atom. The lowest BCUT2D eigenvalue weighted by atomic mass is 10.1. The molecule has 0 rings (SSSR count). The zero-order valence-electron chi connectivity index (χ0n) is 13.8. The summed E-state index contributed by atoms with van der Waals surface area (Å²) < 4.78 is 34.2. The second-order valence-corrected chi connectivity index (χ2v) is 11.7. The normalized spacial score (nSPS) is 15.0. The number of hydrogen-bond acceptors (Lipinski definition) is 3. The summed E-state index contributed by atoms with van der Waals surface area (Å²) in [6, 6.07) is 0. The van der Waals surface area contributed by atoms with Crippen LogP contribution in [-0.2, 0) is 13.7 Å². The van der Waals surface area contributed by atoms with Crippen LogP contribution in [0.1, 0.15) is 64.7 Å². The molecule has 0 amide bonds. The van der Waals surface area contributed by atoms with Crippen LogP contribution in [0.25, 0.3) is 0 Å². The third-order valence-corrected chi connectivity index (χ3v) is 9.61. The fraction of sp³-hybridized carbons (Fsp3) is 1.00. The first kappa shape index (κ1) is 24.5. The van der Waals surface area contributed by atoms with Gasteiger partial charge in [-0.2, -0.15) is 0 Å². The highest BCUT2D eigenvalue weighted by atomic mass is 31.2. The molecule has 0 fully saturated rings. The van der Waals surface area contributed by atoms with Crippen LogP contribution in [0.3, 0.4) is 0 Å². The molecule has 0 spiro atoms. The second-order valence-electron chi connectivity index (χ2n) is 6.01. The summed E-state index contributed by atoms with van der Waals surface area (Å²) in [4.78, 5) is 55.2. The van der Waals surface area contributed by atoms with E-state index in [1.807, 2.05) is 0 Å². The zero-order chi connectivity index (χ0) is 19.0. The minimum Gasteiger partial charge on any atom is -0.324 e. The Morgan fingerprint density at radius 2 is 1.00 bits per heavy atom. The molecule has 0 saturated heterocycles. The van der Waals surface area contributed by atoms with E-state index in [9.17, 15) is 23.5 Å². The SMILES string of the molecule is CCCCCCCCCCC(C(P(=O)(O)O)P(=O)(O)O)P(=O)(O)O. The van der Waals surface area contributed by atoms with Crippen LogP contribution in [0.4, 0.5) is 0 Å². The summed E-state index contributed by atoms with van der Waals surface area (Å²) in [6.07, 6.45) is 6.64. The predicted molar refractivity (Wildman–Crippen MR) is 90.9 cm³/mol. The average molecular weight is 410 g/mol. The maximum absolute atomic E-state index is 11.5. The van der Waals surface area contributed by atoms with Crippen molar-refractivity contribution in [2.45, 2.75) is 75.8 Å². The molecule has 0 aliphatic carbocycles. The first-order valence-corrected chi connectivity index (χ1v) is 13.0.